The van der Waals surface area contributed by atoms with Gasteiger partial charge in [0.1, 0.15) is 13.2 Å². The quantitative estimate of drug-likeness (QED) is 0.494. The first-order valence-corrected chi connectivity index (χ1v) is 14.1. The standard InChI is InChI=1S/C31H39N3O3/c1-22-17-31(35)34(28-19-25(8-9-27(22)28)24-5-3-2-4-6-24)21-33-13-11-26(12-14-33)32-20-23-7-10-29-30(18-23)37-16-15-36-29/h7-10,17-19,24,26,32H,2-6,11-16,20-21H2,1H3. The number of aryl methyl sites for hydroxylation is 1. The zero-order valence-corrected chi connectivity index (χ0v) is 22.0. The van der Waals surface area contributed by atoms with E-state index in [1.807, 2.05) is 16.7 Å². The molecule has 0 radical (unpaired) electrons. The average Bonchev–Trinajstić information content (AvgIpc) is 2.95. The van der Waals surface area contributed by atoms with E-state index >= 15 is 0 Å². The third kappa shape index (κ3) is 5.41. The third-order valence-electron chi connectivity index (χ3n) is 8.55. The van der Waals surface area contributed by atoms with Gasteiger partial charge in [0.2, 0.25) is 0 Å². The highest BCUT2D eigenvalue weighted by Crippen LogP contribution is 2.34. The van der Waals surface area contributed by atoms with Gasteiger partial charge in [-0.05, 0) is 73.4 Å². The van der Waals surface area contributed by atoms with E-state index in [-0.39, 0.29) is 5.56 Å². The van der Waals surface area contributed by atoms with E-state index in [0.29, 0.717) is 31.8 Å². The Balaban J connectivity index is 1.10. The molecule has 1 saturated heterocycles. The summed E-state index contributed by atoms with van der Waals surface area (Å²) in [6.45, 7) is 6.77. The first-order chi connectivity index (χ1) is 18.1. The molecule has 1 N–H and O–H groups in total. The normalized spacial score (nSPS) is 19.4. The molecule has 2 aliphatic heterocycles. The van der Waals surface area contributed by atoms with Crippen molar-refractivity contribution in [2.75, 3.05) is 26.3 Å². The van der Waals surface area contributed by atoms with Crippen LogP contribution in [-0.2, 0) is 13.2 Å². The number of benzene rings is 2. The van der Waals surface area contributed by atoms with Crippen molar-refractivity contribution < 1.29 is 9.47 Å². The first-order valence-electron chi connectivity index (χ1n) is 14.1. The number of nitrogens with one attached hydrogen (secondary N) is 1. The van der Waals surface area contributed by atoms with Crippen LogP contribution in [0.2, 0.25) is 0 Å². The maximum atomic E-state index is 13.1. The molecule has 1 aliphatic carbocycles. The number of pyridine rings is 1. The van der Waals surface area contributed by atoms with E-state index in [0.717, 1.165) is 55.1 Å². The minimum atomic E-state index is 0.115. The Morgan fingerprint density at radius 1 is 0.892 bits per heavy atom. The van der Waals surface area contributed by atoms with Crippen molar-refractivity contribution in [3.63, 3.8) is 0 Å². The summed E-state index contributed by atoms with van der Waals surface area (Å²) in [5.41, 5.74) is 4.93. The topological polar surface area (TPSA) is 55.7 Å². The van der Waals surface area contributed by atoms with Gasteiger partial charge in [0, 0.05) is 37.1 Å². The lowest BCUT2D eigenvalue weighted by Gasteiger charge is -2.33. The fourth-order valence-electron chi connectivity index (χ4n) is 6.34. The van der Waals surface area contributed by atoms with Crippen LogP contribution in [-0.4, -0.2) is 41.8 Å². The average molecular weight is 502 g/mol. The summed E-state index contributed by atoms with van der Waals surface area (Å²) in [6, 6.07) is 15.4. The maximum absolute atomic E-state index is 13.1. The molecule has 3 aromatic rings. The summed E-state index contributed by atoms with van der Waals surface area (Å²) in [5.74, 6) is 2.33. The number of piperidine rings is 1. The number of hydrogen-bond acceptors (Lipinski definition) is 5. The second-order valence-electron chi connectivity index (χ2n) is 11.1. The third-order valence-corrected chi connectivity index (χ3v) is 8.55. The molecule has 2 fully saturated rings. The highest BCUT2D eigenvalue weighted by molar-refractivity contribution is 5.83. The number of rotatable bonds is 6. The molecule has 196 valence electrons. The second kappa shape index (κ2) is 10.9. The summed E-state index contributed by atoms with van der Waals surface area (Å²) in [6.07, 6.45) is 8.70. The number of ether oxygens (including phenoxy) is 2. The molecule has 3 aliphatic rings. The molecule has 37 heavy (non-hydrogen) atoms. The number of likely N-dealkylation sites (tertiary alicyclic amines) is 1. The number of fused-ring (bicyclic) bond motifs is 2. The lowest BCUT2D eigenvalue weighted by molar-refractivity contribution is 0.159. The molecule has 0 unspecified atom stereocenters. The Morgan fingerprint density at radius 3 is 2.49 bits per heavy atom. The van der Waals surface area contributed by atoms with Gasteiger partial charge in [0.05, 0.1) is 12.2 Å². The van der Waals surface area contributed by atoms with Crippen LogP contribution in [0.5, 0.6) is 11.5 Å². The maximum Gasteiger partial charge on any atom is 0.252 e. The van der Waals surface area contributed by atoms with Crippen molar-refractivity contribution in [3.05, 3.63) is 69.5 Å². The van der Waals surface area contributed by atoms with Crippen LogP contribution in [0.3, 0.4) is 0 Å². The molecule has 0 spiro atoms. The van der Waals surface area contributed by atoms with Crippen LogP contribution in [0, 0.1) is 6.92 Å². The van der Waals surface area contributed by atoms with E-state index in [2.05, 4.69) is 47.5 Å². The molecule has 1 saturated carbocycles. The predicted octanol–water partition coefficient (Wildman–Crippen LogP) is 5.34. The SMILES string of the molecule is Cc1cc(=O)n(CN2CCC(NCc3ccc4c(c3)OCCO4)CC2)c2cc(C3CCCCC3)ccc12. The van der Waals surface area contributed by atoms with E-state index in [1.54, 1.807) is 0 Å². The largest absolute Gasteiger partial charge is 0.486 e. The van der Waals surface area contributed by atoms with E-state index in [1.165, 1.54) is 48.6 Å². The van der Waals surface area contributed by atoms with Crippen LogP contribution in [0.15, 0.2) is 47.3 Å². The van der Waals surface area contributed by atoms with Crippen LogP contribution in [0.25, 0.3) is 10.9 Å². The lowest BCUT2D eigenvalue weighted by Crippen LogP contribution is -2.44. The zero-order valence-electron chi connectivity index (χ0n) is 22.0. The molecular weight excluding hydrogens is 462 g/mol. The summed E-state index contributed by atoms with van der Waals surface area (Å²) >= 11 is 0. The van der Waals surface area contributed by atoms with Crippen molar-refractivity contribution in [1.29, 1.82) is 0 Å². The van der Waals surface area contributed by atoms with Crippen molar-refractivity contribution in [3.8, 4) is 11.5 Å². The summed E-state index contributed by atoms with van der Waals surface area (Å²) in [5, 5.41) is 4.93. The predicted molar refractivity (Wildman–Crippen MR) is 148 cm³/mol. The molecule has 0 amide bonds. The molecule has 6 rings (SSSR count). The molecule has 1 aromatic heterocycles. The fraction of sp³-hybridized carbons (Fsp3) is 0.516. The highest BCUT2D eigenvalue weighted by atomic mass is 16.6. The van der Waals surface area contributed by atoms with E-state index in [4.69, 9.17) is 9.47 Å². The Labute approximate surface area is 219 Å². The van der Waals surface area contributed by atoms with Gasteiger partial charge in [-0.3, -0.25) is 14.3 Å². The first kappa shape index (κ1) is 24.5. The minimum Gasteiger partial charge on any atom is -0.486 e. The number of nitrogens with zero attached hydrogens (tertiary/aromatic N) is 2. The lowest BCUT2D eigenvalue weighted by atomic mass is 9.83. The van der Waals surface area contributed by atoms with Gasteiger partial charge in [-0.2, -0.15) is 0 Å². The number of hydrogen-bond donors (Lipinski definition) is 1. The molecule has 6 nitrogen and oxygen atoms in total. The Morgan fingerprint density at radius 2 is 1.68 bits per heavy atom. The van der Waals surface area contributed by atoms with Crippen LogP contribution in [0.4, 0.5) is 0 Å². The monoisotopic (exact) mass is 501 g/mol. The Bertz CT molecular complexity index is 1300. The summed E-state index contributed by atoms with van der Waals surface area (Å²) < 4.78 is 13.4. The second-order valence-corrected chi connectivity index (χ2v) is 11.1. The summed E-state index contributed by atoms with van der Waals surface area (Å²) in [7, 11) is 0. The smallest absolute Gasteiger partial charge is 0.252 e. The molecule has 0 bridgehead atoms. The van der Waals surface area contributed by atoms with E-state index < -0.39 is 0 Å². The van der Waals surface area contributed by atoms with Crippen LogP contribution in [0.1, 0.15) is 67.6 Å². The number of aromatic nitrogens is 1. The zero-order chi connectivity index (χ0) is 25.2. The van der Waals surface area contributed by atoms with E-state index in [9.17, 15) is 4.79 Å². The molecule has 3 heterocycles. The van der Waals surface area contributed by atoms with Crippen molar-refractivity contribution in [2.24, 2.45) is 0 Å². The van der Waals surface area contributed by atoms with Crippen molar-refractivity contribution in [2.45, 2.75) is 77.0 Å². The fourth-order valence-corrected chi connectivity index (χ4v) is 6.34. The van der Waals surface area contributed by atoms with Gasteiger partial charge in [-0.1, -0.05) is 37.5 Å². The highest BCUT2D eigenvalue weighted by Gasteiger charge is 2.22. The van der Waals surface area contributed by atoms with Gasteiger partial charge in [0.25, 0.3) is 5.56 Å². The van der Waals surface area contributed by atoms with Crippen molar-refractivity contribution >= 4 is 10.9 Å². The van der Waals surface area contributed by atoms with Crippen molar-refractivity contribution in [1.82, 2.24) is 14.8 Å². The molecule has 0 atom stereocenters. The van der Waals surface area contributed by atoms with Gasteiger partial charge < -0.3 is 14.8 Å². The minimum absolute atomic E-state index is 0.115. The van der Waals surface area contributed by atoms with Gasteiger partial charge in [-0.15, -0.1) is 0 Å². The summed E-state index contributed by atoms with van der Waals surface area (Å²) in [4.78, 5) is 15.6. The van der Waals surface area contributed by atoms with Gasteiger partial charge >= 0.3 is 0 Å². The Hall–Kier alpha value is -2.83. The molecule has 2 aromatic carbocycles. The Kier molecular flexibility index (Phi) is 7.21. The molecular formula is C31H39N3O3. The van der Waals surface area contributed by atoms with Crippen LogP contribution >= 0.6 is 0 Å². The van der Waals surface area contributed by atoms with Gasteiger partial charge in [0.15, 0.2) is 11.5 Å². The molecule has 6 heteroatoms. The van der Waals surface area contributed by atoms with Crippen LogP contribution < -0.4 is 20.3 Å². The van der Waals surface area contributed by atoms with Gasteiger partial charge in [-0.25, -0.2) is 0 Å².